The van der Waals surface area contributed by atoms with E-state index in [2.05, 4.69) is 140 Å². The van der Waals surface area contributed by atoms with Gasteiger partial charge >= 0.3 is 55.4 Å². The Balaban J connectivity index is 0.000000196. The number of fused-ring (bicyclic) bond motifs is 2. The minimum Gasteiger partial charge on any atom is -0.332 e. The molecule has 0 bridgehead atoms. The normalized spacial score (nSPS) is 15.2. The van der Waals surface area contributed by atoms with Crippen LogP contribution in [0.25, 0.3) is 0 Å². The van der Waals surface area contributed by atoms with E-state index >= 15 is 0 Å². The number of hydrogen-bond donors (Lipinski definition) is 0. The van der Waals surface area contributed by atoms with E-state index in [4.69, 9.17) is 9.98 Å². The van der Waals surface area contributed by atoms with E-state index in [1.165, 1.54) is 57.6 Å². The van der Waals surface area contributed by atoms with Gasteiger partial charge < -0.3 is 9.98 Å². The molecule has 0 amide bonds. The van der Waals surface area contributed by atoms with Crippen molar-refractivity contribution < 1.29 is 36.4 Å². The van der Waals surface area contributed by atoms with Crippen LogP contribution in [0.2, 0.25) is 0 Å². The molecule has 2 aliphatic carbocycles. The Morgan fingerprint density at radius 3 is 1.32 bits per heavy atom. The van der Waals surface area contributed by atoms with Crippen molar-refractivity contribution in [2.24, 2.45) is 9.98 Å². The summed E-state index contributed by atoms with van der Waals surface area (Å²) in [5.41, 5.74) is 10.3. The maximum absolute atomic E-state index is 4.78. The molecule has 2 nitrogen and oxygen atoms in total. The molecule has 2 aliphatic rings. The van der Waals surface area contributed by atoms with E-state index in [0.29, 0.717) is 0 Å². The summed E-state index contributed by atoms with van der Waals surface area (Å²) in [5.74, 6) is 0. The van der Waals surface area contributed by atoms with Crippen molar-refractivity contribution in [3.63, 3.8) is 0 Å². The number of aliphatic imine (C=N–C) groups is 2. The summed E-state index contributed by atoms with van der Waals surface area (Å²) in [6.07, 6.45) is 6.91. The van der Waals surface area contributed by atoms with Gasteiger partial charge in [0, 0.05) is 0 Å². The van der Waals surface area contributed by atoms with Crippen molar-refractivity contribution in [3.05, 3.63) is 143 Å². The van der Waals surface area contributed by atoms with Gasteiger partial charge in [0.05, 0.1) is 13.1 Å². The summed E-state index contributed by atoms with van der Waals surface area (Å²) in [6, 6.07) is 40.1. The number of rotatable bonds is 4. The fourth-order valence-electron chi connectivity index (χ4n) is 4.90. The van der Waals surface area contributed by atoms with Crippen LogP contribution in [-0.2, 0) is 62.3 Å². The molecule has 0 N–H and O–H groups in total. The largest absolute Gasteiger partial charge is 0.332 e. The summed E-state index contributed by atoms with van der Waals surface area (Å²) in [7, 11) is 8.98. The molecule has 0 aliphatic heterocycles. The molecular weight excluding hydrogens is 720 g/mol. The first-order valence-corrected chi connectivity index (χ1v) is 17.3. The third-order valence-corrected chi connectivity index (χ3v) is 6.77. The maximum atomic E-state index is 4.78. The second-order valence-electron chi connectivity index (χ2n) is 9.34. The van der Waals surface area contributed by atoms with Crippen LogP contribution in [0.4, 0.5) is 0 Å². The molecule has 0 spiro atoms. The van der Waals surface area contributed by atoms with Crippen LogP contribution in [0.1, 0.15) is 59.1 Å². The van der Waals surface area contributed by atoms with Crippen molar-refractivity contribution in [2.45, 2.75) is 51.6 Å². The standard InChI is InChI=1S/2C17H16N.2ClH.2Pd/c2*1-2-7-14(8-3-1)13-18-17-12-6-10-15-9-4-5-11-16(15)17;;;;/h2*1-5,7-9H,6,10,12-13H2;2*1H;;/q2*-1;;;2*+2/p-2. The Morgan fingerprint density at radius 1 is 0.525 bits per heavy atom. The topological polar surface area (TPSA) is 24.7 Å². The fraction of sp³-hybridized carbons (Fsp3) is 0.235. The van der Waals surface area contributed by atoms with Crippen LogP contribution >= 0.6 is 19.1 Å². The van der Waals surface area contributed by atoms with E-state index in [1.807, 2.05) is 24.3 Å². The molecule has 40 heavy (non-hydrogen) atoms. The molecule has 4 aromatic carbocycles. The minimum atomic E-state index is 0.776. The van der Waals surface area contributed by atoms with Crippen LogP contribution < -0.4 is 0 Å². The Bertz CT molecular complexity index is 1240. The zero-order valence-electron chi connectivity index (χ0n) is 22.2. The first-order chi connectivity index (χ1) is 19.9. The molecular formula is C34H32Cl2N2Pd2. The third-order valence-electron chi connectivity index (χ3n) is 6.77. The van der Waals surface area contributed by atoms with E-state index in [9.17, 15) is 0 Å². The first kappa shape index (κ1) is 32.6. The fourth-order valence-corrected chi connectivity index (χ4v) is 4.90. The molecule has 0 unspecified atom stereocenters. The van der Waals surface area contributed by atoms with Gasteiger partial charge in [-0.2, -0.15) is 0 Å². The summed E-state index contributed by atoms with van der Waals surface area (Å²) in [4.78, 5) is 9.56. The smallest absolute Gasteiger partial charge is 0.0536 e. The first-order valence-electron chi connectivity index (χ1n) is 13.2. The van der Waals surface area contributed by atoms with Crippen LogP contribution in [0.15, 0.2) is 107 Å². The molecule has 0 heterocycles. The second-order valence-corrected chi connectivity index (χ2v) is 9.34. The number of nitrogens with zero attached hydrogens (tertiary/aromatic N) is 2. The predicted molar refractivity (Wildman–Crippen MR) is 162 cm³/mol. The van der Waals surface area contributed by atoms with Gasteiger partial charge in [0.15, 0.2) is 0 Å². The van der Waals surface area contributed by atoms with Gasteiger partial charge in [0.2, 0.25) is 0 Å². The molecule has 0 fully saturated rings. The predicted octanol–water partition coefficient (Wildman–Crippen LogP) is 9.00. The zero-order valence-corrected chi connectivity index (χ0v) is 26.8. The molecule has 0 atom stereocenters. The summed E-state index contributed by atoms with van der Waals surface area (Å²) in [6.45, 7) is 1.55. The SMILES string of the molecule is [Cl][Pd+].[Cl][Pd+].[c-]1cccc2c1C(=NCc1ccccc1)CCC2.[c-]1cccc2c1C(=NCc1ccccc1)CCC2. The van der Waals surface area contributed by atoms with Crippen molar-refractivity contribution >= 4 is 30.5 Å². The number of aryl methyl sites for hydroxylation is 2. The summed E-state index contributed by atoms with van der Waals surface area (Å²) in [5, 5.41) is 0. The Kier molecular flexibility index (Phi) is 15.7. The average molecular weight is 752 g/mol. The summed E-state index contributed by atoms with van der Waals surface area (Å²) >= 11 is 4.44. The average Bonchev–Trinajstić information content (AvgIpc) is 3.06. The van der Waals surface area contributed by atoms with Crippen LogP contribution in [0, 0.1) is 12.1 Å². The zero-order chi connectivity index (χ0) is 28.4. The number of hydrogen-bond acceptors (Lipinski definition) is 2. The molecule has 6 heteroatoms. The molecule has 212 valence electrons. The van der Waals surface area contributed by atoms with E-state index in [-0.39, 0.29) is 0 Å². The number of halogens is 2. The van der Waals surface area contributed by atoms with Gasteiger partial charge in [-0.25, -0.2) is 0 Å². The van der Waals surface area contributed by atoms with Crippen molar-refractivity contribution in [1.29, 1.82) is 0 Å². The van der Waals surface area contributed by atoms with E-state index in [0.717, 1.165) is 38.8 Å². The molecule has 0 saturated carbocycles. The molecule has 4 aromatic rings. The molecule has 0 aromatic heterocycles. The van der Waals surface area contributed by atoms with Gasteiger partial charge in [0.25, 0.3) is 0 Å². The second kappa shape index (κ2) is 19.3. The van der Waals surface area contributed by atoms with Gasteiger partial charge in [-0.05, 0) is 35.4 Å². The van der Waals surface area contributed by atoms with Gasteiger partial charge in [-0.1, -0.05) is 86.3 Å². The molecule has 0 saturated heterocycles. The number of benzene rings is 4. The van der Waals surface area contributed by atoms with E-state index < -0.39 is 0 Å². The Labute approximate surface area is 269 Å². The summed E-state index contributed by atoms with van der Waals surface area (Å²) < 4.78 is 0. The minimum absolute atomic E-state index is 0.776. The quantitative estimate of drug-likeness (QED) is 0.147. The van der Waals surface area contributed by atoms with Crippen molar-refractivity contribution in [3.8, 4) is 0 Å². The van der Waals surface area contributed by atoms with Crippen molar-refractivity contribution in [2.75, 3.05) is 0 Å². The molecule has 0 radical (unpaired) electrons. The van der Waals surface area contributed by atoms with Gasteiger partial charge in [-0.3, -0.25) is 0 Å². The maximum Gasteiger partial charge on any atom is 0.0536 e. The van der Waals surface area contributed by atoms with Crippen molar-refractivity contribution in [1.82, 2.24) is 0 Å². The van der Waals surface area contributed by atoms with E-state index in [1.54, 1.807) is 0 Å². The monoisotopic (exact) mass is 750 g/mol. The van der Waals surface area contributed by atoms with Gasteiger partial charge in [0.1, 0.15) is 0 Å². The van der Waals surface area contributed by atoms with Gasteiger partial charge in [-0.15, -0.1) is 70.8 Å². The Hall–Kier alpha value is -1.88. The van der Waals surface area contributed by atoms with Crippen LogP contribution in [0.3, 0.4) is 0 Å². The Morgan fingerprint density at radius 2 is 0.925 bits per heavy atom. The van der Waals surface area contributed by atoms with Crippen LogP contribution in [-0.4, -0.2) is 11.4 Å². The molecule has 6 rings (SSSR count). The van der Waals surface area contributed by atoms with Crippen LogP contribution in [0.5, 0.6) is 0 Å². The third kappa shape index (κ3) is 10.2.